The Bertz CT molecular complexity index is 489. The Hall–Kier alpha value is -1.14. The highest BCUT2D eigenvalue weighted by molar-refractivity contribution is 7.95. The summed E-state index contributed by atoms with van der Waals surface area (Å²) in [5.74, 6) is 0. The van der Waals surface area contributed by atoms with Gasteiger partial charge in [0.1, 0.15) is 0 Å². The standard InChI is InChI=1S/C8H8O4S2/c9-13(10)6-7-14(11,12)8-4-2-1-3-5-8/h1-7,13H/b7-6+. The van der Waals surface area contributed by atoms with Crippen LogP contribution in [0.2, 0.25) is 0 Å². The normalized spacial score (nSPS) is 12.4. The van der Waals surface area contributed by atoms with Gasteiger partial charge in [0, 0.05) is 10.8 Å². The molecule has 0 unspecified atom stereocenters. The van der Waals surface area contributed by atoms with Crippen LogP contribution in [-0.2, 0) is 20.5 Å². The van der Waals surface area contributed by atoms with Crippen LogP contribution >= 0.6 is 0 Å². The number of hydrogen-bond donors (Lipinski definition) is 1. The average molecular weight is 232 g/mol. The molecular formula is C8H8O4S2. The molecule has 0 spiro atoms. The van der Waals surface area contributed by atoms with Crippen LogP contribution < -0.4 is 0 Å². The first-order chi connectivity index (χ1) is 6.52. The van der Waals surface area contributed by atoms with Crippen molar-refractivity contribution in [2.45, 2.75) is 4.90 Å². The highest BCUT2D eigenvalue weighted by Crippen LogP contribution is 2.10. The molecule has 0 saturated carbocycles. The van der Waals surface area contributed by atoms with Gasteiger partial charge in [0.05, 0.1) is 4.90 Å². The molecule has 0 aromatic heterocycles. The van der Waals surface area contributed by atoms with Crippen LogP contribution in [0.25, 0.3) is 0 Å². The van der Waals surface area contributed by atoms with E-state index in [1.165, 1.54) is 12.1 Å². The van der Waals surface area contributed by atoms with E-state index in [0.717, 1.165) is 0 Å². The van der Waals surface area contributed by atoms with Crippen LogP contribution in [0.3, 0.4) is 0 Å². The van der Waals surface area contributed by atoms with Crippen LogP contribution in [0.15, 0.2) is 46.0 Å². The van der Waals surface area contributed by atoms with Crippen LogP contribution in [0.1, 0.15) is 0 Å². The van der Waals surface area contributed by atoms with Gasteiger partial charge in [0.15, 0.2) is 20.5 Å². The largest absolute Gasteiger partial charge is 0.227 e. The maximum atomic E-state index is 11.4. The molecule has 0 atom stereocenters. The second-order valence-corrected chi connectivity index (χ2v) is 5.13. The number of sulfone groups is 1. The van der Waals surface area contributed by atoms with Gasteiger partial charge in [0.2, 0.25) is 0 Å². The zero-order valence-electron chi connectivity index (χ0n) is 7.03. The minimum atomic E-state index is -3.62. The molecule has 1 rings (SSSR count). The van der Waals surface area contributed by atoms with Crippen LogP contribution in [-0.4, -0.2) is 16.8 Å². The third kappa shape index (κ3) is 2.97. The van der Waals surface area contributed by atoms with Gasteiger partial charge in [-0.1, -0.05) is 18.2 Å². The van der Waals surface area contributed by atoms with E-state index in [0.29, 0.717) is 10.8 Å². The number of benzene rings is 1. The summed E-state index contributed by atoms with van der Waals surface area (Å²) in [7, 11) is -6.43. The molecule has 0 saturated heterocycles. The minimum Gasteiger partial charge on any atom is -0.227 e. The van der Waals surface area contributed by atoms with Crippen molar-refractivity contribution in [3.05, 3.63) is 41.1 Å². The Kier molecular flexibility index (Phi) is 3.43. The van der Waals surface area contributed by atoms with E-state index in [2.05, 4.69) is 0 Å². The van der Waals surface area contributed by atoms with Crippen molar-refractivity contribution in [3.63, 3.8) is 0 Å². The summed E-state index contributed by atoms with van der Waals surface area (Å²) in [5.41, 5.74) is 0. The van der Waals surface area contributed by atoms with Crippen LogP contribution in [0, 0.1) is 0 Å². The van der Waals surface area contributed by atoms with Gasteiger partial charge in [0.25, 0.3) is 0 Å². The maximum Gasteiger partial charge on any atom is 0.200 e. The molecule has 6 heteroatoms. The van der Waals surface area contributed by atoms with Gasteiger partial charge < -0.3 is 0 Å². The fraction of sp³-hybridized carbons (Fsp3) is 0. The lowest BCUT2D eigenvalue weighted by atomic mass is 10.4. The van der Waals surface area contributed by atoms with Gasteiger partial charge in [-0.2, -0.15) is 0 Å². The third-order valence-corrected chi connectivity index (χ3v) is 3.45. The second kappa shape index (κ2) is 4.39. The van der Waals surface area contributed by atoms with Crippen molar-refractivity contribution in [2.24, 2.45) is 0 Å². The molecule has 0 aliphatic carbocycles. The van der Waals surface area contributed by atoms with Crippen molar-refractivity contribution in [2.75, 3.05) is 0 Å². The van der Waals surface area contributed by atoms with Crippen molar-refractivity contribution < 1.29 is 16.8 Å². The van der Waals surface area contributed by atoms with Crippen molar-refractivity contribution in [1.82, 2.24) is 0 Å². The zero-order chi connectivity index (χ0) is 10.6. The van der Waals surface area contributed by atoms with Crippen LogP contribution in [0.5, 0.6) is 0 Å². The molecule has 0 N–H and O–H groups in total. The molecule has 0 bridgehead atoms. The smallest absolute Gasteiger partial charge is 0.200 e. The predicted octanol–water partition coefficient (Wildman–Crippen LogP) is 0.543. The van der Waals surface area contributed by atoms with E-state index >= 15 is 0 Å². The summed E-state index contributed by atoms with van der Waals surface area (Å²) in [4.78, 5) is 0.0769. The Morgan fingerprint density at radius 3 is 2.14 bits per heavy atom. The molecule has 1 aromatic rings. The third-order valence-electron chi connectivity index (χ3n) is 1.43. The molecule has 0 radical (unpaired) electrons. The monoisotopic (exact) mass is 232 g/mol. The first-order valence-corrected chi connectivity index (χ1v) is 6.43. The molecule has 14 heavy (non-hydrogen) atoms. The molecule has 0 aliphatic heterocycles. The van der Waals surface area contributed by atoms with Gasteiger partial charge in [-0.3, -0.25) is 0 Å². The van der Waals surface area contributed by atoms with Crippen molar-refractivity contribution in [1.29, 1.82) is 0 Å². The zero-order valence-corrected chi connectivity index (χ0v) is 8.74. The molecule has 1 aromatic carbocycles. The van der Waals surface area contributed by atoms with Gasteiger partial charge >= 0.3 is 0 Å². The van der Waals surface area contributed by atoms with E-state index in [1.54, 1.807) is 18.2 Å². The van der Waals surface area contributed by atoms with Crippen LogP contribution in [0.4, 0.5) is 0 Å². The van der Waals surface area contributed by atoms with E-state index in [-0.39, 0.29) is 4.90 Å². The number of thiol groups is 1. The molecule has 0 heterocycles. The number of hydrogen-bond acceptors (Lipinski definition) is 4. The summed E-state index contributed by atoms with van der Waals surface area (Å²) in [5, 5.41) is 1.31. The fourth-order valence-corrected chi connectivity index (χ4v) is 2.55. The second-order valence-electron chi connectivity index (χ2n) is 2.43. The van der Waals surface area contributed by atoms with Crippen molar-refractivity contribution in [3.8, 4) is 0 Å². The van der Waals surface area contributed by atoms with Crippen molar-refractivity contribution >= 4 is 20.5 Å². The Morgan fingerprint density at radius 2 is 1.64 bits per heavy atom. The molecular weight excluding hydrogens is 224 g/mol. The number of rotatable bonds is 3. The van der Waals surface area contributed by atoms with Gasteiger partial charge in [-0.15, -0.1) is 0 Å². The topological polar surface area (TPSA) is 68.3 Å². The maximum absolute atomic E-state index is 11.4. The molecule has 76 valence electrons. The lowest BCUT2D eigenvalue weighted by molar-refractivity contribution is 0.604. The summed E-state index contributed by atoms with van der Waals surface area (Å²) in [6.07, 6.45) is 0. The molecule has 0 amide bonds. The van der Waals surface area contributed by atoms with E-state index < -0.39 is 20.5 Å². The summed E-state index contributed by atoms with van der Waals surface area (Å²) >= 11 is 0. The van der Waals surface area contributed by atoms with E-state index in [4.69, 9.17) is 0 Å². The van der Waals surface area contributed by atoms with E-state index in [9.17, 15) is 16.8 Å². The van der Waals surface area contributed by atoms with Gasteiger partial charge in [-0.25, -0.2) is 16.8 Å². The average Bonchev–Trinajstić information content (AvgIpc) is 2.16. The minimum absolute atomic E-state index is 0.0769. The summed E-state index contributed by atoms with van der Waals surface area (Å²) in [6.45, 7) is 0. The quantitative estimate of drug-likeness (QED) is 0.772. The Morgan fingerprint density at radius 1 is 1.07 bits per heavy atom. The summed E-state index contributed by atoms with van der Waals surface area (Å²) < 4.78 is 43.1. The molecule has 4 nitrogen and oxygen atoms in total. The fourth-order valence-electron chi connectivity index (χ4n) is 0.819. The highest BCUT2D eigenvalue weighted by Gasteiger charge is 2.08. The lowest BCUT2D eigenvalue weighted by Gasteiger charge is -1.95. The Labute approximate surface area is 83.8 Å². The Balaban J connectivity index is 3.11. The SMILES string of the molecule is O=[SH](=O)/C=C/S(=O)(=O)c1ccccc1. The lowest BCUT2D eigenvalue weighted by Crippen LogP contribution is -1.95. The first kappa shape index (κ1) is 10.9. The summed E-state index contributed by atoms with van der Waals surface area (Å²) in [6, 6.07) is 7.61. The predicted molar refractivity (Wildman–Crippen MR) is 53.1 cm³/mol. The molecule has 0 fully saturated rings. The van der Waals surface area contributed by atoms with Gasteiger partial charge in [-0.05, 0) is 12.1 Å². The first-order valence-electron chi connectivity index (χ1n) is 3.64. The molecule has 0 aliphatic rings. The highest BCUT2D eigenvalue weighted by atomic mass is 32.2. The van der Waals surface area contributed by atoms with E-state index in [1.807, 2.05) is 0 Å².